The summed E-state index contributed by atoms with van der Waals surface area (Å²) in [5, 5.41) is 1.49. The average Bonchev–Trinajstić information content (AvgIpc) is 2.56. The van der Waals surface area contributed by atoms with Crippen LogP contribution in [-0.4, -0.2) is 64.1 Å². The Morgan fingerprint density at radius 3 is 1.56 bits per heavy atom. The highest BCUT2D eigenvalue weighted by molar-refractivity contribution is 6.80. The Labute approximate surface area is 174 Å². The van der Waals surface area contributed by atoms with Crippen LogP contribution in [0.2, 0.25) is 10.0 Å². The summed E-state index contributed by atoms with van der Waals surface area (Å²) in [7, 11) is 8.25. The highest BCUT2D eigenvalue weighted by atomic mass is 35.5. The second-order valence-electron chi connectivity index (χ2n) is 7.68. The molecule has 0 N–H and O–H groups in total. The van der Waals surface area contributed by atoms with Crippen molar-refractivity contribution in [3.63, 3.8) is 0 Å². The van der Waals surface area contributed by atoms with Gasteiger partial charge in [-0.2, -0.15) is 0 Å². The summed E-state index contributed by atoms with van der Waals surface area (Å²) in [5.41, 5.74) is 4.18. The third kappa shape index (κ3) is 6.51. The van der Waals surface area contributed by atoms with Gasteiger partial charge >= 0.3 is 6.92 Å². The first kappa shape index (κ1) is 22.3. The number of benzene rings is 2. The fourth-order valence-corrected chi connectivity index (χ4v) is 3.42. The monoisotopic (exact) mass is 406 g/mol. The van der Waals surface area contributed by atoms with E-state index in [9.17, 15) is 0 Å². The lowest BCUT2D eigenvalue weighted by molar-refractivity contribution is 0.132. The van der Waals surface area contributed by atoms with Gasteiger partial charge in [0.05, 0.1) is 6.10 Å². The number of aryl methyl sites for hydroxylation is 2. The summed E-state index contributed by atoms with van der Waals surface area (Å²) >= 11 is 12.8. The zero-order chi connectivity index (χ0) is 20.1. The molecule has 0 radical (unpaired) electrons. The van der Waals surface area contributed by atoms with Gasteiger partial charge in [-0.1, -0.05) is 47.5 Å². The van der Waals surface area contributed by atoms with E-state index in [-0.39, 0.29) is 13.0 Å². The highest BCUT2D eigenvalue weighted by Gasteiger charge is 2.27. The van der Waals surface area contributed by atoms with Crippen LogP contribution in [0.25, 0.3) is 0 Å². The summed E-state index contributed by atoms with van der Waals surface area (Å²) in [6.07, 6.45) is 0.0418. The van der Waals surface area contributed by atoms with Crippen LogP contribution in [0.3, 0.4) is 0 Å². The third-order valence-corrected chi connectivity index (χ3v) is 5.28. The quantitative estimate of drug-likeness (QED) is 0.626. The van der Waals surface area contributed by atoms with Crippen molar-refractivity contribution in [3.05, 3.63) is 57.6 Å². The van der Waals surface area contributed by atoms with Crippen LogP contribution in [0.1, 0.15) is 11.1 Å². The van der Waals surface area contributed by atoms with E-state index >= 15 is 0 Å². The summed E-state index contributed by atoms with van der Waals surface area (Å²) < 4.78 is 6.63. The van der Waals surface area contributed by atoms with E-state index in [1.54, 1.807) is 0 Å². The lowest BCUT2D eigenvalue weighted by atomic mass is 9.55. The minimum atomic E-state index is -0.230. The molecule has 2 aromatic rings. The molecule has 0 aliphatic heterocycles. The molecular weight excluding hydrogens is 378 g/mol. The predicted molar refractivity (Wildman–Crippen MR) is 119 cm³/mol. The first-order chi connectivity index (χ1) is 12.7. The van der Waals surface area contributed by atoms with Gasteiger partial charge in [0, 0.05) is 23.1 Å². The van der Waals surface area contributed by atoms with Crippen molar-refractivity contribution in [1.29, 1.82) is 0 Å². The van der Waals surface area contributed by atoms with Crippen molar-refractivity contribution in [2.75, 3.05) is 41.3 Å². The van der Waals surface area contributed by atoms with Crippen LogP contribution in [0.5, 0.6) is 0 Å². The van der Waals surface area contributed by atoms with Gasteiger partial charge in [-0.05, 0) is 76.2 Å². The summed E-state index contributed by atoms with van der Waals surface area (Å²) in [5.74, 6) is 0. The van der Waals surface area contributed by atoms with Crippen LogP contribution in [0.15, 0.2) is 36.4 Å². The molecule has 3 nitrogen and oxygen atoms in total. The van der Waals surface area contributed by atoms with Crippen molar-refractivity contribution in [3.8, 4) is 0 Å². The van der Waals surface area contributed by atoms with E-state index in [1.807, 2.05) is 38.1 Å². The van der Waals surface area contributed by atoms with Crippen molar-refractivity contribution in [1.82, 2.24) is 9.80 Å². The lowest BCUT2D eigenvalue weighted by Gasteiger charge is -2.28. The molecular formula is C21H29BCl2N2O. The average molecular weight is 407 g/mol. The molecule has 0 spiro atoms. The molecule has 0 unspecified atom stereocenters. The highest BCUT2D eigenvalue weighted by Crippen LogP contribution is 2.16. The van der Waals surface area contributed by atoms with Gasteiger partial charge in [-0.15, -0.1) is 0 Å². The number of halogens is 2. The number of hydrogen-bond donors (Lipinski definition) is 0. The van der Waals surface area contributed by atoms with Gasteiger partial charge in [0.15, 0.2) is 0 Å². The van der Waals surface area contributed by atoms with E-state index in [2.05, 4.69) is 50.1 Å². The van der Waals surface area contributed by atoms with E-state index in [4.69, 9.17) is 27.9 Å². The fraction of sp³-hybridized carbons (Fsp3) is 0.429. The van der Waals surface area contributed by atoms with Crippen molar-refractivity contribution in [2.45, 2.75) is 20.0 Å². The topological polar surface area (TPSA) is 15.7 Å². The van der Waals surface area contributed by atoms with Crippen LogP contribution < -0.4 is 10.9 Å². The van der Waals surface area contributed by atoms with Gasteiger partial charge < -0.3 is 14.5 Å². The largest absolute Gasteiger partial charge is 0.421 e. The van der Waals surface area contributed by atoms with Gasteiger partial charge in [0.25, 0.3) is 0 Å². The molecule has 6 heteroatoms. The minimum absolute atomic E-state index is 0.0418. The molecule has 0 aliphatic rings. The van der Waals surface area contributed by atoms with E-state index in [0.717, 1.165) is 45.2 Å². The molecule has 2 rings (SSSR count). The maximum absolute atomic E-state index is 6.63. The lowest BCUT2D eigenvalue weighted by Crippen LogP contribution is -2.51. The first-order valence-electron chi connectivity index (χ1n) is 9.14. The second-order valence-corrected chi connectivity index (χ2v) is 8.49. The minimum Gasteiger partial charge on any atom is -0.421 e. The van der Waals surface area contributed by atoms with E-state index in [1.165, 1.54) is 0 Å². The Morgan fingerprint density at radius 1 is 0.815 bits per heavy atom. The van der Waals surface area contributed by atoms with Crippen molar-refractivity contribution < 1.29 is 4.65 Å². The normalized spacial score (nSPS) is 11.7. The number of rotatable bonds is 8. The number of hydrogen-bond acceptors (Lipinski definition) is 3. The maximum Gasteiger partial charge on any atom is 0.362 e. The fourth-order valence-electron chi connectivity index (χ4n) is 3.04. The molecule has 27 heavy (non-hydrogen) atoms. The maximum atomic E-state index is 6.63. The molecule has 0 saturated carbocycles. The predicted octanol–water partition coefficient (Wildman–Crippen LogP) is 3.22. The van der Waals surface area contributed by atoms with Crippen LogP contribution in [0.4, 0.5) is 0 Å². The van der Waals surface area contributed by atoms with Crippen LogP contribution in [-0.2, 0) is 4.65 Å². The Morgan fingerprint density at radius 2 is 1.22 bits per heavy atom. The molecule has 0 saturated heterocycles. The molecule has 0 atom stereocenters. The second kappa shape index (κ2) is 9.95. The molecule has 0 fully saturated rings. The number of nitrogens with zero attached hydrogens (tertiary/aromatic N) is 2. The first-order valence-corrected chi connectivity index (χ1v) is 9.90. The Hall–Kier alpha value is -1.04. The SMILES string of the molecule is Cc1ccc(B(OC(CN(C)C)CN(C)C)c2ccc(C)c(Cl)c2)cc1Cl. The Kier molecular flexibility index (Phi) is 8.20. The standard InChI is InChI=1S/C21H29BCl2N2O/c1-15-7-9-17(11-20(15)23)22(18-10-8-16(2)21(24)12-18)27-19(13-25(3)4)14-26(5)6/h7-12,19H,13-14H2,1-6H3. The Balaban J connectivity index is 2.43. The molecule has 0 aliphatic carbocycles. The van der Waals surface area contributed by atoms with Gasteiger partial charge in [0.1, 0.15) is 0 Å². The van der Waals surface area contributed by atoms with Crippen LogP contribution >= 0.6 is 23.2 Å². The van der Waals surface area contributed by atoms with Gasteiger partial charge in [0.2, 0.25) is 0 Å². The zero-order valence-corrected chi connectivity index (χ0v) is 18.6. The third-order valence-electron chi connectivity index (χ3n) is 4.46. The molecule has 0 bridgehead atoms. The van der Waals surface area contributed by atoms with E-state index in [0.29, 0.717) is 0 Å². The summed E-state index contributed by atoms with van der Waals surface area (Å²) in [6.45, 7) is 5.44. The van der Waals surface area contributed by atoms with Crippen molar-refractivity contribution >= 4 is 41.0 Å². The number of likely N-dealkylation sites (N-methyl/N-ethyl adjacent to an activating group) is 2. The molecule has 0 heterocycles. The zero-order valence-electron chi connectivity index (χ0n) is 17.1. The molecule has 146 valence electrons. The molecule has 0 amide bonds. The van der Waals surface area contributed by atoms with Crippen molar-refractivity contribution in [2.24, 2.45) is 0 Å². The van der Waals surface area contributed by atoms with Crippen LogP contribution in [0, 0.1) is 13.8 Å². The summed E-state index contributed by atoms with van der Waals surface area (Å²) in [6, 6.07) is 12.2. The Bertz CT molecular complexity index is 706. The molecule has 0 aromatic heterocycles. The van der Waals surface area contributed by atoms with Gasteiger partial charge in [-0.25, -0.2) is 0 Å². The van der Waals surface area contributed by atoms with Gasteiger partial charge in [-0.3, -0.25) is 0 Å². The smallest absolute Gasteiger partial charge is 0.362 e. The summed E-state index contributed by atoms with van der Waals surface area (Å²) in [4.78, 5) is 4.30. The molecule has 2 aromatic carbocycles. The van der Waals surface area contributed by atoms with E-state index < -0.39 is 0 Å².